The summed E-state index contributed by atoms with van der Waals surface area (Å²) in [6, 6.07) is 7.55. The maximum absolute atomic E-state index is 13.1. The molecule has 3 heterocycles. The van der Waals surface area contributed by atoms with E-state index in [-0.39, 0.29) is 5.97 Å². The second-order valence-corrected chi connectivity index (χ2v) is 7.57. The van der Waals surface area contributed by atoms with Gasteiger partial charge in [0.25, 0.3) is 0 Å². The van der Waals surface area contributed by atoms with Crippen molar-refractivity contribution in [2.45, 2.75) is 18.9 Å². The van der Waals surface area contributed by atoms with Crippen molar-refractivity contribution < 1.29 is 18.7 Å². The summed E-state index contributed by atoms with van der Waals surface area (Å²) in [7, 11) is 1.37. The zero-order valence-corrected chi connectivity index (χ0v) is 16.5. The predicted octanol–water partition coefficient (Wildman–Crippen LogP) is 2.38. The fourth-order valence-electron chi connectivity index (χ4n) is 4.09. The molecule has 0 spiro atoms. The van der Waals surface area contributed by atoms with Gasteiger partial charge in [0.15, 0.2) is 5.82 Å². The quantitative estimate of drug-likeness (QED) is 0.714. The third-order valence-electron chi connectivity index (χ3n) is 5.64. The van der Waals surface area contributed by atoms with E-state index in [0.717, 1.165) is 39.0 Å². The normalized spacial score (nSPS) is 22.1. The lowest BCUT2D eigenvalue weighted by Crippen LogP contribution is -2.57. The number of carbonyl (C=O) groups is 1. The summed E-state index contributed by atoms with van der Waals surface area (Å²) >= 11 is 0. The Balaban J connectivity index is 1.29. The van der Waals surface area contributed by atoms with Crippen LogP contribution in [-0.2, 0) is 4.74 Å². The number of rotatable bonds is 5. The van der Waals surface area contributed by atoms with Gasteiger partial charge in [0.05, 0.1) is 31.7 Å². The first kappa shape index (κ1) is 19.6. The molecule has 1 aromatic heterocycles. The Morgan fingerprint density at radius 1 is 1.21 bits per heavy atom. The van der Waals surface area contributed by atoms with Crippen molar-refractivity contribution in [3.8, 4) is 5.75 Å². The van der Waals surface area contributed by atoms with Gasteiger partial charge in [0, 0.05) is 38.1 Å². The van der Waals surface area contributed by atoms with Crippen LogP contribution in [0.25, 0.3) is 0 Å². The summed E-state index contributed by atoms with van der Waals surface area (Å²) in [4.78, 5) is 24.5. The number of piperidine rings is 1. The molecule has 2 aliphatic rings. The van der Waals surface area contributed by atoms with Gasteiger partial charge in [-0.1, -0.05) is 6.07 Å². The van der Waals surface area contributed by atoms with Gasteiger partial charge in [-0.2, -0.15) is 0 Å². The van der Waals surface area contributed by atoms with Gasteiger partial charge in [0.2, 0.25) is 5.95 Å². The molecule has 1 aromatic carbocycles. The van der Waals surface area contributed by atoms with Crippen molar-refractivity contribution in [1.29, 1.82) is 0 Å². The molecule has 7 nitrogen and oxygen atoms in total. The number of halogens is 1. The van der Waals surface area contributed by atoms with Crippen LogP contribution in [0, 0.1) is 11.7 Å². The molecule has 2 fully saturated rings. The second-order valence-electron chi connectivity index (χ2n) is 7.57. The number of benzene rings is 1. The molecule has 8 heteroatoms. The molecule has 29 heavy (non-hydrogen) atoms. The highest BCUT2D eigenvalue weighted by Gasteiger charge is 2.33. The van der Waals surface area contributed by atoms with Crippen LogP contribution in [0.1, 0.15) is 23.2 Å². The number of ether oxygens (including phenoxy) is 2. The van der Waals surface area contributed by atoms with E-state index in [4.69, 9.17) is 9.47 Å². The summed E-state index contributed by atoms with van der Waals surface area (Å²) in [5, 5.41) is 0. The Labute approximate surface area is 169 Å². The fourth-order valence-corrected chi connectivity index (χ4v) is 4.09. The number of piperazine rings is 1. The average molecular weight is 400 g/mol. The summed E-state index contributed by atoms with van der Waals surface area (Å²) in [5.74, 6) is 0.959. The number of hydrogen-bond acceptors (Lipinski definition) is 7. The molecular formula is C21H25FN4O3. The fraction of sp³-hybridized carbons (Fsp3) is 0.476. The van der Waals surface area contributed by atoms with Gasteiger partial charge in [-0.3, -0.25) is 4.90 Å². The predicted molar refractivity (Wildman–Crippen MR) is 106 cm³/mol. The summed E-state index contributed by atoms with van der Waals surface area (Å²) in [6.45, 7) is 4.23. The van der Waals surface area contributed by atoms with E-state index in [1.807, 2.05) is 6.07 Å². The maximum Gasteiger partial charge on any atom is 0.337 e. The van der Waals surface area contributed by atoms with Gasteiger partial charge < -0.3 is 14.4 Å². The molecule has 4 rings (SSSR count). The number of carbonyl (C=O) groups excluding carboxylic acids is 1. The molecule has 0 aliphatic carbocycles. The molecule has 2 unspecified atom stereocenters. The number of nitrogens with zero attached hydrogens (tertiary/aromatic N) is 4. The van der Waals surface area contributed by atoms with Crippen molar-refractivity contribution >= 4 is 11.9 Å². The molecule has 2 aliphatic heterocycles. The molecule has 2 saturated heterocycles. The number of hydrogen-bond donors (Lipinski definition) is 0. The molecular weight excluding hydrogens is 375 g/mol. The Morgan fingerprint density at radius 3 is 2.83 bits per heavy atom. The second kappa shape index (κ2) is 8.73. The monoisotopic (exact) mass is 400 g/mol. The molecule has 0 N–H and O–H groups in total. The molecule has 154 valence electrons. The van der Waals surface area contributed by atoms with Crippen LogP contribution in [0.4, 0.5) is 10.3 Å². The van der Waals surface area contributed by atoms with Gasteiger partial charge in [-0.25, -0.2) is 19.2 Å². The van der Waals surface area contributed by atoms with Crippen LogP contribution in [0.2, 0.25) is 0 Å². The third kappa shape index (κ3) is 4.64. The minimum atomic E-state index is -0.412. The zero-order chi connectivity index (χ0) is 20.2. The first-order chi connectivity index (χ1) is 14.1. The van der Waals surface area contributed by atoms with E-state index in [9.17, 15) is 9.18 Å². The van der Waals surface area contributed by atoms with E-state index in [0.29, 0.717) is 35.8 Å². The molecule has 0 bridgehead atoms. The standard InChI is InChI=1S/C21H25FN4O3/c1-28-20(27)16-3-2-4-19(9-16)29-14-15-5-6-18-13-26(8-7-25(18)12-15)21-23-10-17(22)11-24-21/h2-4,9-11,15,18H,5-8,12-14H2,1H3. The van der Waals surface area contributed by atoms with Crippen LogP contribution >= 0.6 is 0 Å². The van der Waals surface area contributed by atoms with E-state index in [2.05, 4.69) is 19.8 Å². The van der Waals surface area contributed by atoms with Crippen LogP contribution < -0.4 is 9.64 Å². The molecule has 0 radical (unpaired) electrons. The number of anilines is 1. The maximum atomic E-state index is 13.1. The van der Waals surface area contributed by atoms with Crippen molar-refractivity contribution in [2.75, 3.05) is 44.8 Å². The first-order valence-corrected chi connectivity index (χ1v) is 9.90. The van der Waals surface area contributed by atoms with E-state index in [1.54, 1.807) is 18.2 Å². The van der Waals surface area contributed by atoms with Gasteiger partial charge in [-0.15, -0.1) is 0 Å². The first-order valence-electron chi connectivity index (χ1n) is 9.90. The van der Waals surface area contributed by atoms with Gasteiger partial charge in [0.1, 0.15) is 5.75 Å². The van der Waals surface area contributed by atoms with Gasteiger partial charge in [-0.05, 0) is 31.0 Å². The lowest BCUT2D eigenvalue weighted by molar-refractivity contribution is 0.0599. The number of fused-ring (bicyclic) bond motifs is 1. The molecule has 0 saturated carbocycles. The SMILES string of the molecule is COC(=O)c1cccc(OCC2CCC3CN(c4ncc(F)cn4)CCN3C2)c1. The van der Waals surface area contributed by atoms with Crippen molar-refractivity contribution in [3.63, 3.8) is 0 Å². The molecule has 2 aromatic rings. The van der Waals surface area contributed by atoms with Crippen LogP contribution in [0.3, 0.4) is 0 Å². The third-order valence-corrected chi connectivity index (χ3v) is 5.64. The van der Waals surface area contributed by atoms with Gasteiger partial charge >= 0.3 is 5.97 Å². The smallest absolute Gasteiger partial charge is 0.337 e. The van der Waals surface area contributed by atoms with E-state index in [1.165, 1.54) is 19.5 Å². The number of methoxy groups -OCH3 is 1. The average Bonchev–Trinajstić information content (AvgIpc) is 2.77. The van der Waals surface area contributed by atoms with E-state index < -0.39 is 5.82 Å². The van der Waals surface area contributed by atoms with Crippen LogP contribution in [-0.4, -0.2) is 66.8 Å². The van der Waals surface area contributed by atoms with Crippen molar-refractivity contribution in [2.24, 2.45) is 5.92 Å². The summed E-state index contributed by atoms with van der Waals surface area (Å²) in [6.07, 6.45) is 4.60. The minimum Gasteiger partial charge on any atom is -0.493 e. The van der Waals surface area contributed by atoms with Crippen molar-refractivity contribution in [1.82, 2.24) is 14.9 Å². The highest BCUT2D eigenvalue weighted by Crippen LogP contribution is 2.27. The highest BCUT2D eigenvalue weighted by atomic mass is 19.1. The number of aromatic nitrogens is 2. The molecule has 2 atom stereocenters. The topological polar surface area (TPSA) is 67.8 Å². The Bertz CT molecular complexity index is 848. The largest absolute Gasteiger partial charge is 0.493 e. The summed E-state index contributed by atoms with van der Waals surface area (Å²) < 4.78 is 23.8. The summed E-state index contributed by atoms with van der Waals surface area (Å²) in [5.41, 5.74) is 0.493. The lowest BCUT2D eigenvalue weighted by atomic mass is 9.91. The van der Waals surface area contributed by atoms with Crippen LogP contribution in [0.5, 0.6) is 5.75 Å². The minimum absolute atomic E-state index is 0.362. The Kier molecular flexibility index (Phi) is 5.89. The number of esters is 1. The van der Waals surface area contributed by atoms with Crippen LogP contribution in [0.15, 0.2) is 36.7 Å². The zero-order valence-electron chi connectivity index (χ0n) is 16.5. The van der Waals surface area contributed by atoms with E-state index >= 15 is 0 Å². The molecule has 0 amide bonds. The van der Waals surface area contributed by atoms with Crippen molar-refractivity contribution in [3.05, 3.63) is 48.0 Å². The highest BCUT2D eigenvalue weighted by molar-refractivity contribution is 5.89. The Morgan fingerprint density at radius 2 is 2.03 bits per heavy atom. The Hall–Kier alpha value is -2.74. The lowest BCUT2D eigenvalue weighted by Gasteiger charge is -2.46.